The van der Waals surface area contributed by atoms with Crippen molar-refractivity contribution in [2.24, 2.45) is 7.05 Å². The summed E-state index contributed by atoms with van der Waals surface area (Å²) >= 11 is 0. The molecule has 148 valence electrons. The summed E-state index contributed by atoms with van der Waals surface area (Å²) in [5.74, 6) is 1.42. The van der Waals surface area contributed by atoms with Crippen LogP contribution in [0.2, 0.25) is 0 Å². The third kappa shape index (κ3) is 3.77. The second-order valence-corrected chi connectivity index (χ2v) is 8.61. The van der Waals surface area contributed by atoms with Gasteiger partial charge in [0.25, 0.3) is 0 Å². The van der Waals surface area contributed by atoms with Gasteiger partial charge in [0, 0.05) is 51.5 Å². The Morgan fingerprint density at radius 1 is 1.11 bits per heavy atom. The van der Waals surface area contributed by atoms with Crippen molar-refractivity contribution in [3.63, 3.8) is 0 Å². The molecule has 27 heavy (non-hydrogen) atoms. The van der Waals surface area contributed by atoms with Crippen LogP contribution in [0.1, 0.15) is 24.0 Å². The molecule has 0 amide bonds. The van der Waals surface area contributed by atoms with Gasteiger partial charge >= 0.3 is 0 Å². The molecule has 0 aromatic carbocycles. The van der Waals surface area contributed by atoms with E-state index >= 15 is 0 Å². The quantitative estimate of drug-likeness (QED) is 0.812. The smallest absolute Gasteiger partial charge is 0.246 e. The summed E-state index contributed by atoms with van der Waals surface area (Å²) in [6.45, 7) is 10.1. The molecule has 1 fully saturated rings. The Labute approximate surface area is 160 Å². The van der Waals surface area contributed by atoms with Gasteiger partial charge < -0.3 is 10.2 Å². The number of nitrogens with one attached hydrogen (secondary N) is 1. The SMILES string of the molecule is CCNc1cc(C)nc(N2CCN(S(=O)(=O)c3c(C)nn(C)c3C)CC2)n1. The molecule has 3 heterocycles. The number of nitrogens with zero attached hydrogens (tertiary/aromatic N) is 6. The molecule has 0 spiro atoms. The van der Waals surface area contributed by atoms with E-state index < -0.39 is 10.0 Å². The van der Waals surface area contributed by atoms with E-state index in [9.17, 15) is 8.42 Å². The highest BCUT2D eigenvalue weighted by Gasteiger charge is 2.33. The van der Waals surface area contributed by atoms with Gasteiger partial charge in [-0.2, -0.15) is 14.4 Å². The second-order valence-electron chi connectivity index (χ2n) is 6.74. The van der Waals surface area contributed by atoms with Crippen molar-refractivity contribution in [3.05, 3.63) is 23.1 Å². The maximum Gasteiger partial charge on any atom is 0.246 e. The predicted molar refractivity (Wildman–Crippen MR) is 105 cm³/mol. The number of aryl methyl sites for hydroxylation is 3. The van der Waals surface area contributed by atoms with E-state index in [-0.39, 0.29) is 0 Å². The first-order valence-electron chi connectivity index (χ1n) is 9.09. The van der Waals surface area contributed by atoms with E-state index in [0.717, 1.165) is 18.1 Å². The fourth-order valence-corrected chi connectivity index (χ4v) is 5.17. The van der Waals surface area contributed by atoms with Crippen LogP contribution in [0.4, 0.5) is 11.8 Å². The Kier molecular flexibility index (Phi) is 5.38. The molecule has 9 nitrogen and oxygen atoms in total. The van der Waals surface area contributed by atoms with Gasteiger partial charge in [0.05, 0.1) is 11.4 Å². The highest BCUT2D eigenvalue weighted by atomic mass is 32.2. The normalized spacial score (nSPS) is 16.0. The van der Waals surface area contributed by atoms with Crippen LogP contribution in [0.25, 0.3) is 0 Å². The average molecular weight is 394 g/mol. The Balaban J connectivity index is 1.77. The average Bonchev–Trinajstić information content (AvgIpc) is 2.87. The molecule has 2 aromatic rings. The number of hydrogen-bond acceptors (Lipinski definition) is 7. The van der Waals surface area contributed by atoms with Crippen LogP contribution in [-0.2, 0) is 17.1 Å². The van der Waals surface area contributed by atoms with Crippen molar-refractivity contribution in [3.8, 4) is 0 Å². The van der Waals surface area contributed by atoms with Crippen LogP contribution < -0.4 is 10.2 Å². The van der Waals surface area contributed by atoms with Crippen LogP contribution in [0.15, 0.2) is 11.0 Å². The van der Waals surface area contributed by atoms with E-state index in [1.807, 2.05) is 24.8 Å². The summed E-state index contributed by atoms with van der Waals surface area (Å²) in [5, 5.41) is 7.45. The Morgan fingerprint density at radius 3 is 2.33 bits per heavy atom. The molecule has 0 bridgehead atoms. The first-order chi connectivity index (χ1) is 12.7. The van der Waals surface area contributed by atoms with Gasteiger partial charge in [0.2, 0.25) is 16.0 Å². The van der Waals surface area contributed by atoms with Gasteiger partial charge in [-0.15, -0.1) is 0 Å². The minimum Gasteiger partial charge on any atom is -0.370 e. The monoisotopic (exact) mass is 393 g/mol. The van der Waals surface area contributed by atoms with Crippen LogP contribution >= 0.6 is 0 Å². The highest BCUT2D eigenvalue weighted by molar-refractivity contribution is 7.89. The largest absolute Gasteiger partial charge is 0.370 e. The first-order valence-corrected chi connectivity index (χ1v) is 10.5. The number of hydrogen-bond donors (Lipinski definition) is 1. The van der Waals surface area contributed by atoms with E-state index in [0.29, 0.717) is 48.4 Å². The van der Waals surface area contributed by atoms with Gasteiger partial charge in [-0.1, -0.05) is 0 Å². The summed E-state index contributed by atoms with van der Waals surface area (Å²) < 4.78 is 29.3. The molecular weight excluding hydrogens is 366 g/mol. The zero-order chi connectivity index (χ0) is 19.8. The summed E-state index contributed by atoms with van der Waals surface area (Å²) in [5.41, 5.74) is 2.08. The molecule has 10 heteroatoms. The van der Waals surface area contributed by atoms with Crippen molar-refractivity contribution in [1.29, 1.82) is 0 Å². The number of anilines is 2. The second kappa shape index (κ2) is 7.43. The molecule has 1 aliphatic heterocycles. The molecule has 1 aliphatic rings. The van der Waals surface area contributed by atoms with Gasteiger partial charge in [0.15, 0.2) is 0 Å². The maximum absolute atomic E-state index is 13.1. The van der Waals surface area contributed by atoms with Gasteiger partial charge in [-0.3, -0.25) is 4.68 Å². The van der Waals surface area contributed by atoms with Crippen LogP contribution in [0, 0.1) is 20.8 Å². The zero-order valence-electron chi connectivity index (χ0n) is 16.5. The third-order valence-corrected chi connectivity index (χ3v) is 6.91. The van der Waals surface area contributed by atoms with Crippen molar-refractivity contribution < 1.29 is 8.42 Å². The van der Waals surface area contributed by atoms with E-state index in [4.69, 9.17) is 0 Å². The maximum atomic E-state index is 13.1. The molecular formula is C17H27N7O2S. The standard InChI is InChI=1S/C17H27N7O2S/c1-6-18-15-11-12(2)19-17(20-15)23-7-9-24(10-8-23)27(25,26)16-13(3)21-22(5)14(16)4/h11H,6-10H2,1-5H3,(H,18,19,20). The Morgan fingerprint density at radius 2 is 1.78 bits per heavy atom. The summed E-state index contributed by atoms with van der Waals surface area (Å²) in [7, 11) is -1.80. The molecule has 3 rings (SSSR count). The molecule has 0 atom stereocenters. The topological polar surface area (TPSA) is 96.3 Å². The fourth-order valence-electron chi connectivity index (χ4n) is 3.35. The van der Waals surface area contributed by atoms with Crippen molar-refractivity contribution in [1.82, 2.24) is 24.1 Å². The lowest BCUT2D eigenvalue weighted by atomic mass is 10.3. The zero-order valence-corrected chi connectivity index (χ0v) is 17.3. The lowest BCUT2D eigenvalue weighted by molar-refractivity contribution is 0.382. The van der Waals surface area contributed by atoms with Gasteiger partial charge in [0.1, 0.15) is 10.7 Å². The number of sulfonamides is 1. The number of piperazine rings is 1. The predicted octanol–water partition coefficient (Wildman–Crippen LogP) is 1.08. The summed E-state index contributed by atoms with van der Waals surface area (Å²) in [4.78, 5) is 11.4. The van der Waals surface area contributed by atoms with E-state index in [2.05, 4.69) is 20.4 Å². The highest BCUT2D eigenvalue weighted by Crippen LogP contribution is 2.25. The molecule has 0 radical (unpaired) electrons. The van der Waals surface area contributed by atoms with Crippen molar-refractivity contribution in [2.45, 2.75) is 32.6 Å². The minimum atomic E-state index is -3.56. The number of rotatable bonds is 5. The van der Waals surface area contributed by atoms with Crippen molar-refractivity contribution >= 4 is 21.8 Å². The van der Waals surface area contributed by atoms with E-state index in [1.165, 1.54) is 4.31 Å². The van der Waals surface area contributed by atoms with E-state index in [1.54, 1.807) is 25.6 Å². The third-order valence-electron chi connectivity index (χ3n) is 4.76. The number of aromatic nitrogens is 4. The molecule has 0 aliphatic carbocycles. The molecule has 0 saturated carbocycles. The molecule has 1 saturated heterocycles. The minimum absolute atomic E-state index is 0.319. The van der Waals surface area contributed by atoms with Gasteiger partial charge in [-0.25, -0.2) is 13.4 Å². The van der Waals surface area contributed by atoms with Crippen LogP contribution in [0.3, 0.4) is 0 Å². The van der Waals surface area contributed by atoms with Crippen LogP contribution in [-0.4, -0.2) is 65.2 Å². The molecule has 2 aromatic heterocycles. The molecule has 1 N–H and O–H groups in total. The van der Waals surface area contributed by atoms with Crippen molar-refractivity contribution in [2.75, 3.05) is 42.9 Å². The summed E-state index contributed by atoms with van der Waals surface area (Å²) in [6, 6.07) is 1.90. The first kappa shape index (κ1) is 19.6. The summed E-state index contributed by atoms with van der Waals surface area (Å²) in [6.07, 6.45) is 0. The molecule has 0 unspecified atom stereocenters. The Bertz CT molecular complexity index is 931. The fraction of sp³-hybridized carbons (Fsp3) is 0.588. The Hall–Kier alpha value is -2.20. The lowest BCUT2D eigenvalue weighted by Gasteiger charge is -2.34. The van der Waals surface area contributed by atoms with Crippen LogP contribution in [0.5, 0.6) is 0 Å². The van der Waals surface area contributed by atoms with Gasteiger partial charge in [-0.05, 0) is 27.7 Å². The lowest BCUT2D eigenvalue weighted by Crippen LogP contribution is -2.49.